The molecule has 2 heterocycles. The molecule has 0 aliphatic carbocycles. The van der Waals surface area contributed by atoms with E-state index in [0.29, 0.717) is 6.54 Å². The van der Waals surface area contributed by atoms with Crippen LogP contribution in [0.4, 0.5) is 0 Å². The monoisotopic (exact) mass is 245 g/mol. The highest BCUT2D eigenvalue weighted by Crippen LogP contribution is 2.02. The summed E-state index contributed by atoms with van der Waals surface area (Å²) in [6, 6.07) is 3.75. The molecule has 0 aliphatic rings. The van der Waals surface area contributed by atoms with Gasteiger partial charge < -0.3 is 5.32 Å². The zero-order chi connectivity index (χ0) is 11.9. The highest BCUT2D eigenvalue weighted by atomic mass is 32.1. The number of amides is 1. The van der Waals surface area contributed by atoms with Crippen molar-refractivity contribution >= 4 is 23.3 Å². The molecule has 0 fully saturated rings. The summed E-state index contributed by atoms with van der Waals surface area (Å²) in [6.07, 6.45) is 6.60. The fourth-order valence-corrected chi connectivity index (χ4v) is 1.74. The maximum Gasteiger partial charge on any atom is 0.244 e. The molecule has 86 valence electrons. The normalized spacial score (nSPS) is 10.6. The van der Waals surface area contributed by atoms with Crippen LogP contribution in [0, 0.1) is 0 Å². The van der Waals surface area contributed by atoms with Gasteiger partial charge in [0.15, 0.2) is 0 Å². The predicted octanol–water partition coefficient (Wildman–Crippen LogP) is 1.87. The van der Waals surface area contributed by atoms with Gasteiger partial charge >= 0.3 is 0 Å². The standard InChI is InChI=1S/C12H11N3OS/c16-12(4-3-11-8-17-9-15-11)14-7-10-2-1-5-13-6-10/h1-6,8-9H,7H2,(H,14,16)/b4-3-. The van der Waals surface area contributed by atoms with Crippen LogP contribution in [0.1, 0.15) is 11.3 Å². The molecule has 0 saturated carbocycles. The van der Waals surface area contributed by atoms with Crippen molar-refractivity contribution in [3.05, 3.63) is 52.8 Å². The Morgan fingerprint density at radius 1 is 1.53 bits per heavy atom. The quantitative estimate of drug-likeness (QED) is 0.837. The van der Waals surface area contributed by atoms with Crippen molar-refractivity contribution in [1.82, 2.24) is 15.3 Å². The predicted molar refractivity (Wildman–Crippen MR) is 67.2 cm³/mol. The number of carbonyl (C=O) groups is 1. The van der Waals surface area contributed by atoms with E-state index >= 15 is 0 Å². The molecule has 1 N–H and O–H groups in total. The Hall–Kier alpha value is -2.01. The van der Waals surface area contributed by atoms with Gasteiger partial charge in [0.25, 0.3) is 0 Å². The minimum absolute atomic E-state index is 0.137. The number of nitrogens with one attached hydrogen (secondary N) is 1. The largest absolute Gasteiger partial charge is 0.348 e. The van der Waals surface area contributed by atoms with Gasteiger partial charge in [-0.2, -0.15) is 0 Å². The molecule has 5 heteroatoms. The summed E-state index contributed by atoms with van der Waals surface area (Å²) in [7, 11) is 0. The number of aromatic nitrogens is 2. The van der Waals surface area contributed by atoms with Crippen molar-refractivity contribution in [3.63, 3.8) is 0 Å². The van der Waals surface area contributed by atoms with Gasteiger partial charge in [0, 0.05) is 30.4 Å². The first-order valence-electron chi connectivity index (χ1n) is 5.07. The molecule has 17 heavy (non-hydrogen) atoms. The smallest absolute Gasteiger partial charge is 0.244 e. The summed E-state index contributed by atoms with van der Waals surface area (Å²) in [4.78, 5) is 19.5. The van der Waals surface area contributed by atoms with E-state index < -0.39 is 0 Å². The van der Waals surface area contributed by atoms with Gasteiger partial charge in [0.2, 0.25) is 5.91 Å². The molecule has 0 radical (unpaired) electrons. The number of rotatable bonds is 4. The fourth-order valence-electron chi connectivity index (χ4n) is 1.22. The summed E-state index contributed by atoms with van der Waals surface area (Å²) in [5, 5.41) is 4.65. The molecule has 0 atom stereocenters. The Balaban J connectivity index is 1.82. The highest BCUT2D eigenvalue weighted by molar-refractivity contribution is 7.07. The van der Waals surface area contributed by atoms with Crippen molar-refractivity contribution in [1.29, 1.82) is 0 Å². The van der Waals surface area contributed by atoms with Gasteiger partial charge in [0.05, 0.1) is 11.2 Å². The molecule has 0 spiro atoms. The summed E-state index contributed by atoms with van der Waals surface area (Å²) in [6.45, 7) is 0.480. The maximum absolute atomic E-state index is 11.5. The molecule has 2 rings (SSSR count). The van der Waals surface area contributed by atoms with E-state index in [9.17, 15) is 4.79 Å². The Bertz CT molecular complexity index is 494. The molecule has 2 aromatic heterocycles. The molecular formula is C12H11N3OS. The van der Waals surface area contributed by atoms with Gasteiger partial charge in [-0.3, -0.25) is 9.78 Å². The average Bonchev–Trinajstić information content (AvgIpc) is 2.88. The number of carbonyl (C=O) groups excluding carboxylic acids is 1. The molecule has 0 aliphatic heterocycles. The molecule has 0 bridgehead atoms. The summed E-state index contributed by atoms with van der Waals surface area (Å²) in [5.74, 6) is -0.137. The van der Waals surface area contributed by atoms with Gasteiger partial charge in [-0.05, 0) is 17.7 Å². The van der Waals surface area contributed by atoms with E-state index in [-0.39, 0.29) is 5.91 Å². The zero-order valence-corrected chi connectivity index (χ0v) is 9.85. The van der Waals surface area contributed by atoms with Crippen molar-refractivity contribution < 1.29 is 4.79 Å². The Morgan fingerprint density at radius 3 is 3.18 bits per heavy atom. The summed E-state index contributed by atoms with van der Waals surface area (Å²) < 4.78 is 0. The number of hydrogen-bond acceptors (Lipinski definition) is 4. The molecule has 1 amide bonds. The minimum atomic E-state index is -0.137. The lowest BCUT2D eigenvalue weighted by Gasteiger charge is -2.00. The second kappa shape index (κ2) is 5.91. The van der Waals surface area contributed by atoms with Crippen molar-refractivity contribution in [2.45, 2.75) is 6.54 Å². The van der Waals surface area contributed by atoms with Crippen LogP contribution in [-0.2, 0) is 11.3 Å². The maximum atomic E-state index is 11.5. The van der Waals surface area contributed by atoms with E-state index in [2.05, 4.69) is 15.3 Å². The van der Waals surface area contributed by atoms with Crippen LogP contribution in [0.5, 0.6) is 0 Å². The lowest BCUT2D eigenvalue weighted by molar-refractivity contribution is -0.116. The summed E-state index contributed by atoms with van der Waals surface area (Å²) >= 11 is 1.50. The average molecular weight is 245 g/mol. The Labute approximate surface area is 103 Å². The van der Waals surface area contributed by atoms with Gasteiger partial charge in [-0.15, -0.1) is 11.3 Å². The third-order valence-electron chi connectivity index (χ3n) is 2.05. The van der Waals surface area contributed by atoms with E-state index in [1.165, 1.54) is 17.4 Å². The van der Waals surface area contributed by atoms with Crippen LogP contribution in [0.2, 0.25) is 0 Å². The lowest BCUT2D eigenvalue weighted by atomic mass is 10.3. The van der Waals surface area contributed by atoms with Crippen molar-refractivity contribution in [2.24, 2.45) is 0 Å². The van der Waals surface area contributed by atoms with Gasteiger partial charge in [0.1, 0.15) is 0 Å². The number of hydrogen-bond donors (Lipinski definition) is 1. The SMILES string of the molecule is O=C(/C=C\c1cscn1)NCc1cccnc1. The van der Waals surface area contributed by atoms with Gasteiger partial charge in [-0.25, -0.2) is 4.98 Å². The third kappa shape index (κ3) is 3.81. The molecule has 0 unspecified atom stereocenters. The first kappa shape index (κ1) is 11.5. The fraction of sp³-hybridized carbons (Fsp3) is 0.0833. The van der Waals surface area contributed by atoms with Crippen LogP contribution < -0.4 is 5.32 Å². The number of thiazole rings is 1. The van der Waals surface area contributed by atoms with E-state index in [1.54, 1.807) is 24.0 Å². The van der Waals surface area contributed by atoms with Crippen LogP contribution in [0.25, 0.3) is 6.08 Å². The lowest BCUT2D eigenvalue weighted by Crippen LogP contribution is -2.20. The number of nitrogens with zero attached hydrogens (tertiary/aromatic N) is 2. The number of pyridine rings is 1. The van der Waals surface area contributed by atoms with Crippen LogP contribution in [0.3, 0.4) is 0 Å². The molecule has 4 nitrogen and oxygen atoms in total. The second-order valence-corrected chi connectivity index (χ2v) is 4.04. The molecular weight excluding hydrogens is 234 g/mol. The van der Waals surface area contributed by atoms with E-state index in [4.69, 9.17) is 0 Å². The Kier molecular flexibility index (Phi) is 3.99. The van der Waals surface area contributed by atoms with Crippen molar-refractivity contribution in [2.75, 3.05) is 0 Å². The first-order valence-corrected chi connectivity index (χ1v) is 6.02. The molecule has 0 aromatic carbocycles. The summed E-state index contributed by atoms with van der Waals surface area (Å²) in [5.41, 5.74) is 3.50. The van der Waals surface area contributed by atoms with E-state index in [1.807, 2.05) is 17.5 Å². The van der Waals surface area contributed by atoms with Crippen LogP contribution >= 0.6 is 11.3 Å². The minimum Gasteiger partial charge on any atom is -0.348 e. The van der Waals surface area contributed by atoms with Crippen LogP contribution in [0.15, 0.2) is 41.5 Å². The van der Waals surface area contributed by atoms with E-state index in [0.717, 1.165) is 11.3 Å². The Morgan fingerprint density at radius 2 is 2.47 bits per heavy atom. The second-order valence-electron chi connectivity index (χ2n) is 3.33. The third-order valence-corrected chi connectivity index (χ3v) is 2.65. The first-order chi connectivity index (χ1) is 8.34. The molecule has 0 saturated heterocycles. The van der Waals surface area contributed by atoms with Crippen molar-refractivity contribution in [3.8, 4) is 0 Å². The van der Waals surface area contributed by atoms with Crippen LogP contribution in [-0.4, -0.2) is 15.9 Å². The zero-order valence-electron chi connectivity index (χ0n) is 9.04. The van der Waals surface area contributed by atoms with Gasteiger partial charge in [-0.1, -0.05) is 6.07 Å². The molecule has 2 aromatic rings. The topological polar surface area (TPSA) is 54.9 Å². The highest BCUT2D eigenvalue weighted by Gasteiger charge is 1.96.